The smallest absolute Gasteiger partial charge is 0.302 e. The monoisotopic (exact) mass is 562 g/mol. The molecule has 1 aliphatic rings. The Morgan fingerprint density at radius 2 is 2.16 bits per heavy atom. The van der Waals surface area contributed by atoms with Crippen LogP contribution in [0.1, 0.15) is 46.3 Å². The normalized spacial score (nSPS) is 20.8. The summed E-state index contributed by atoms with van der Waals surface area (Å²) in [6.45, 7) is 4.11. The number of fused-ring (bicyclic) bond motifs is 1. The molecule has 2 N–H and O–H groups in total. The number of H-pyrrole nitrogens is 1. The van der Waals surface area contributed by atoms with E-state index in [1.165, 1.54) is 34.3 Å². The predicted molar refractivity (Wildman–Crippen MR) is 139 cm³/mol. The van der Waals surface area contributed by atoms with Gasteiger partial charge in [0.1, 0.15) is 18.3 Å². The number of nitrogens with zero attached hydrogens (tertiary/aromatic N) is 5. The molecule has 3 rings (SSSR count). The highest BCUT2D eigenvalue weighted by Gasteiger charge is 2.38. The first-order chi connectivity index (χ1) is 17.3. The van der Waals surface area contributed by atoms with Crippen LogP contribution in [0.2, 0.25) is 0 Å². The van der Waals surface area contributed by atoms with Crippen LogP contribution in [0.25, 0.3) is 11.2 Å². The second-order valence-corrected chi connectivity index (χ2v) is 12.5. The van der Waals surface area contributed by atoms with Crippen LogP contribution in [0.4, 0.5) is 14.7 Å². The minimum atomic E-state index is -3.32. The van der Waals surface area contributed by atoms with Crippen LogP contribution in [-0.2, 0) is 14.3 Å². The highest BCUT2D eigenvalue weighted by atomic mass is 33.1. The number of halogens is 2. The molecule has 2 aromatic heterocycles. The van der Waals surface area contributed by atoms with E-state index in [2.05, 4.69) is 19.9 Å². The Morgan fingerprint density at radius 3 is 2.81 bits per heavy atom. The minimum absolute atomic E-state index is 0.123. The standard InChI is InChI=1S/C22H32F2N6O5S2/c1-21(2,7-6-15(32)22(3,23)24)37-36-12-34-13-8-16(35-14(13)9-31)30-11-25-17-18(30)27-20(28-19(17)33)26-10-29(4)5/h10-11,13-14,16,31H,6-9,12H2,1-5H3,(H,27,28,33)/t13-,14-,16-/m1/s1. The second kappa shape index (κ2) is 12.2. The highest BCUT2D eigenvalue weighted by Crippen LogP contribution is 2.40. The van der Waals surface area contributed by atoms with E-state index in [0.717, 1.165) is 0 Å². The number of hydrogen-bond acceptors (Lipinski definition) is 10. The van der Waals surface area contributed by atoms with Gasteiger partial charge in [0.25, 0.3) is 5.56 Å². The first-order valence-electron chi connectivity index (χ1n) is 11.6. The number of ether oxygens (including phenoxy) is 2. The highest BCUT2D eigenvalue weighted by molar-refractivity contribution is 8.77. The number of imidazole rings is 1. The number of alkyl halides is 2. The molecule has 0 radical (unpaired) electrons. The number of ketones is 1. The van der Waals surface area contributed by atoms with Crippen molar-refractivity contribution in [1.82, 2.24) is 24.4 Å². The van der Waals surface area contributed by atoms with Gasteiger partial charge in [0, 0.05) is 38.6 Å². The maximum absolute atomic E-state index is 13.1. The predicted octanol–water partition coefficient (Wildman–Crippen LogP) is 3.13. The van der Waals surface area contributed by atoms with Crippen LogP contribution < -0.4 is 5.56 Å². The third-order valence-corrected chi connectivity index (χ3v) is 8.56. The Balaban J connectivity index is 1.59. The summed E-state index contributed by atoms with van der Waals surface area (Å²) in [6.07, 6.45) is 1.86. The van der Waals surface area contributed by atoms with Crippen molar-refractivity contribution in [3.05, 3.63) is 16.7 Å². The molecule has 0 amide bonds. The van der Waals surface area contributed by atoms with Crippen molar-refractivity contribution in [2.24, 2.45) is 4.99 Å². The van der Waals surface area contributed by atoms with Gasteiger partial charge in [-0.1, -0.05) is 21.6 Å². The summed E-state index contributed by atoms with van der Waals surface area (Å²) >= 11 is 0. The van der Waals surface area contributed by atoms with Gasteiger partial charge in [-0.2, -0.15) is 13.8 Å². The molecule has 0 aromatic carbocycles. The molecule has 2 aromatic rings. The van der Waals surface area contributed by atoms with Crippen LogP contribution in [0, 0.1) is 0 Å². The number of nitrogens with one attached hydrogen (secondary N) is 1. The lowest BCUT2D eigenvalue weighted by molar-refractivity contribution is -0.140. The molecule has 37 heavy (non-hydrogen) atoms. The number of carbonyl (C=O) groups is 1. The van der Waals surface area contributed by atoms with Crippen LogP contribution in [0.5, 0.6) is 0 Å². The first-order valence-corrected chi connectivity index (χ1v) is 13.9. The summed E-state index contributed by atoms with van der Waals surface area (Å²) in [5.74, 6) is -4.00. The Morgan fingerprint density at radius 1 is 1.43 bits per heavy atom. The number of hydrogen-bond donors (Lipinski definition) is 2. The minimum Gasteiger partial charge on any atom is -0.394 e. The fourth-order valence-corrected chi connectivity index (χ4v) is 5.84. The number of carbonyl (C=O) groups excluding carboxylic acids is 1. The number of aliphatic hydroxyl groups excluding tert-OH is 1. The summed E-state index contributed by atoms with van der Waals surface area (Å²) in [5.41, 5.74) is 0.0151. The Hall–Kier alpha value is -2.07. The maximum Gasteiger partial charge on any atom is 0.302 e. The van der Waals surface area contributed by atoms with Gasteiger partial charge < -0.3 is 19.5 Å². The Bertz CT molecular complexity index is 1170. The third-order valence-electron chi connectivity index (χ3n) is 5.56. The lowest BCUT2D eigenvalue weighted by atomic mass is 10.0. The van der Waals surface area contributed by atoms with E-state index >= 15 is 0 Å². The second-order valence-electron chi connectivity index (χ2n) is 9.56. The average Bonchev–Trinajstić information content (AvgIpc) is 3.42. The Kier molecular flexibility index (Phi) is 9.72. The molecule has 0 spiro atoms. The number of aromatic amines is 1. The molecule has 3 atom stereocenters. The van der Waals surface area contributed by atoms with Crippen molar-refractivity contribution in [2.45, 2.75) is 69.1 Å². The zero-order chi connectivity index (χ0) is 27.4. The molecule has 11 nitrogen and oxygen atoms in total. The third kappa shape index (κ3) is 7.96. The fourth-order valence-electron chi connectivity index (χ4n) is 3.54. The van der Waals surface area contributed by atoms with E-state index in [-0.39, 0.29) is 30.4 Å². The van der Waals surface area contributed by atoms with Gasteiger partial charge in [0.05, 0.1) is 25.4 Å². The van der Waals surface area contributed by atoms with Gasteiger partial charge in [-0.15, -0.1) is 0 Å². The van der Waals surface area contributed by atoms with Crippen LogP contribution in [-0.4, -0.2) is 91.2 Å². The van der Waals surface area contributed by atoms with E-state index in [9.17, 15) is 23.5 Å². The number of aliphatic imine (C=N–C) groups is 1. The summed E-state index contributed by atoms with van der Waals surface area (Å²) in [7, 11) is 6.42. The SMILES string of the molecule is CN(C)C=Nc1nc2c(ncn2[C@H]2C[C@@H](OCSSC(C)(C)CCC(=O)C(C)(F)F)[C@@H](CO)O2)c(=O)[nH]1. The van der Waals surface area contributed by atoms with E-state index in [1.807, 2.05) is 13.8 Å². The largest absolute Gasteiger partial charge is 0.394 e. The van der Waals surface area contributed by atoms with Gasteiger partial charge in [-0.05, 0) is 20.3 Å². The first kappa shape index (κ1) is 29.5. The molecule has 15 heteroatoms. The van der Waals surface area contributed by atoms with Crippen LogP contribution in [0.15, 0.2) is 16.1 Å². The number of Topliss-reactive ketones (excluding diaryl/α,β-unsaturated/α-hetero) is 1. The summed E-state index contributed by atoms with van der Waals surface area (Å²) in [6, 6.07) is 0. The summed E-state index contributed by atoms with van der Waals surface area (Å²) < 4.78 is 39.4. The van der Waals surface area contributed by atoms with Crippen molar-refractivity contribution in [3.63, 3.8) is 0 Å². The lowest BCUT2D eigenvalue weighted by Gasteiger charge is -2.24. The summed E-state index contributed by atoms with van der Waals surface area (Å²) in [4.78, 5) is 40.9. The quantitative estimate of drug-likeness (QED) is 0.123. The molecular formula is C22H32F2N6O5S2. The van der Waals surface area contributed by atoms with Crippen molar-refractivity contribution in [1.29, 1.82) is 0 Å². The van der Waals surface area contributed by atoms with Crippen molar-refractivity contribution in [3.8, 4) is 0 Å². The molecule has 3 heterocycles. The van der Waals surface area contributed by atoms with E-state index in [0.29, 0.717) is 25.4 Å². The molecular weight excluding hydrogens is 530 g/mol. The molecule has 1 fully saturated rings. The summed E-state index contributed by atoms with van der Waals surface area (Å²) in [5, 5.41) is 9.82. The molecule has 1 saturated heterocycles. The van der Waals surface area contributed by atoms with Crippen LogP contribution >= 0.6 is 21.6 Å². The van der Waals surface area contributed by atoms with E-state index < -0.39 is 40.4 Å². The molecule has 0 unspecified atom stereocenters. The molecule has 0 saturated carbocycles. The lowest BCUT2D eigenvalue weighted by Crippen LogP contribution is -2.28. The maximum atomic E-state index is 13.1. The number of rotatable bonds is 13. The molecule has 0 aliphatic carbocycles. The van der Waals surface area contributed by atoms with Gasteiger partial charge >= 0.3 is 5.92 Å². The van der Waals surface area contributed by atoms with E-state index in [4.69, 9.17) is 9.47 Å². The van der Waals surface area contributed by atoms with Crippen molar-refractivity contribution < 1.29 is 28.2 Å². The van der Waals surface area contributed by atoms with Crippen molar-refractivity contribution >= 4 is 50.8 Å². The van der Waals surface area contributed by atoms with Gasteiger partial charge in [-0.3, -0.25) is 19.1 Å². The zero-order valence-corrected chi connectivity index (χ0v) is 22.9. The van der Waals surface area contributed by atoms with Crippen molar-refractivity contribution in [2.75, 3.05) is 26.6 Å². The average molecular weight is 563 g/mol. The number of aromatic nitrogens is 4. The zero-order valence-electron chi connectivity index (χ0n) is 21.3. The topological polar surface area (TPSA) is 135 Å². The van der Waals surface area contributed by atoms with Gasteiger partial charge in [0.15, 0.2) is 11.2 Å². The fraction of sp³-hybridized carbons (Fsp3) is 0.682. The van der Waals surface area contributed by atoms with Gasteiger partial charge in [0.2, 0.25) is 11.7 Å². The Labute approximate surface area is 220 Å². The molecule has 206 valence electrons. The van der Waals surface area contributed by atoms with Crippen LogP contribution in [0.3, 0.4) is 0 Å². The number of aliphatic hydroxyl groups is 1. The van der Waals surface area contributed by atoms with E-state index in [1.54, 1.807) is 23.6 Å². The van der Waals surface area contributed by atoms with Gasteiger partial charge in [-0.25, -0.2) is 9.98 Å². The molecule has 0 bridgehead atoms. The molecule has 1 aliphatic heterocycles.